The Bertz CT molecular complexity index is 2180. The Balaban J connectivity index is 1.35. The van der Waals surface area contributed by atoms with Gasteiger partial charge in [-0.25, -0.2) is 9.78 Å². The molecular weight excluding hydrogens is 885 g/mol. The first-order chi connectivity index (χ1) is 31.7. The summed E-state index contributed by atoms with van der Waals surface area (Å²) in [5.41, 5.74) is -0.872. The minimum Gasteiger partial charge on any atom is -0.481 e. The van der Waals surface area contributed by atoms with Gasteiger partial charge in [-0.2, -0.15) is 4.98 Å². The molecule has 0 spiro atoms. The number of nitrogens with one attached hydrogen (secondary N) is 1. The molecule has 0 bridgehead atoms. The monoisotopic (exact) mass is 954 g/mol. The van der Waals surface area contributed by atoms with Gasteiger partial charge in [0.05, 0.1) is 48.8 Å². The first kappa shape index (κ1) is 52.0. The summed E-state index contributed by atoms with van der Waals surface area (Å²) < 4.78 is 43.8. The zero-order chi connectivity index (χ0) is 49.0. The summed E-state index contributed by atoms with van der Waals surface area (Å²) in [5, 5.41) is 12.4. The molecule has 14 atom stereocenters. The maximum absolute atomic E-state index is 15.0. The molecule has 1 amide bonds. The standard InChI is InChI=1S/C48H70N6O12S/c1-13-34-48(8)40(54(46(59)66-48)20-15-21-67-45-50-32-17-18-35(60-11)51-42(32)52-45)28(4)37(56)26(2)24-47(7,61-12)41(65-44-38(57)33(53(9)10)22-27(3)62-44)29(5)39(30(6)43(58)63-34)64-36(55)23-31-16-14-19-49-25-31/h14,16-19,25-30,33-34,38-41,44,57H,13,15,20-24H2,1-12H3,(H,50,51,52)/t26-,27-,28+,29+,30-,33+,34-,38-,39+,40-,41-,44+,47+,48-/m1/s1. The number of carbonyl (C=O) groups excluding carboxylic acids is 4. The van der Waals surface area contributed by atoms with Crippen LogP contribution in [0.1, 0.15) is 86.6 Å². The van der Waals surface area contributed by atoms with E-state index in [1.807, 2.05) is 52.8 Å². The minimum absolute atomic E-state index is 0.108. The van der Waals surface area contributed by atoms with Gasteiger partial charge in [-0.05, 0) is 85.2 Å². The van der Waals surface area contributed by atoms with E-state index in [4.69, 9.17) is 33.2 Å². The fraction of sp³-hybridized carbons (Fsp3) is 0.688. The molecule has 3 fully saturated rings. The van der Waals surface area contributed by atoms with Crippen molar-refractivity contribution in [2.24, 2.45) is 23.7 Å². The Labute approximate surface area is 397 Å². The lowest BCUT2D eigenvalue weighted by molar-refractivity contribution is -0.301. The van der Waals surface area contributed by atoms with Gasteiger partial charge in [0, 0.05) is 61.7 Å². The average Bonchev–Trinajstić information content (AvgIpc) is 3.83. The molecule has 3 aromatic rings. The number of aliphatic hydroxyl groups excluding tert-OH is 1. The van der Waals surface area contributed by atoms with Crippen molar-refractivity contribution in [1.29, 1.82) is 0 Å². The first-order valence-electron chi connectivity index (χ1n) is 23.3. The summed E-state index contributed by atoms with van der Waals surface area (Å²) in [5.74, 6) is -3.88. The fourth-order valence-corrected chi connectivity index (χ4v) is 11.2. The SMILES string of the molecule is CC[C@H]1OC(=O)[C@H](C)[C@@H](OC(=O)Cc2cccnc2)[C@H](C)[C@@H](O[C@@H]2O[C@H](C)C[C@H](N(C)C)[C@H]2O)[C@@](C)(OC)C[C@@H](C)C(=O)[C@H](C)[C@H]2N(CCCSc3nc4nc(OC)ccc4[nH]3)C(=O)O[C@]12C. The van der Waals surface area contributed by atoms with Crippen molar-refractivity contribution in [2.45, 2.75) is 153 Å². The normalized spacial score (nSPS) is 34.4. The van der Waals surface area contributed by atoms with Crippen LogP contribution in [0.5, 0.6) is 5.88 Å². The number of imidazole rings is 1. The van der Waals surface area contributed by atoms with Crippen LogP contribution >= 0.6 is 11.8 Å². The van der Waals surface area contributed by atoms with E-state index in [0.717, 1.165) is 5.52 Å². The number of nitrogens with zero attached hydrogens (tertiary/aromatic N) is 5. The molecule has 3 aliphatic heterocycles. The molecule has 18 nitrogen and oxygen atoms in total. The number of fused-ring (bicyclic) bond motifs is 2. The number of aromatic nitrogens is 4. The van der Waals surface area contributed by atoms with Gasteiger partial charge in [0.1, 0.15) is 24.1 Å². The molecular formula is C48H70N6O12S. The molecule has 3 saturated heterocycles. The number of hydrogen-bond acceptors (Lipinski definition) is 17. The molecule has 3 aliphatic rings. The number of cyclic esters (lactones) is 1. The second-order valence-electron chi connectivity index (χ2n) is 19.1. The van der Waals surface area contributed by atoms with Crippen molar-refractivity contribution < 1.29 is 57.4 Å². The Kier molecular flexibility index (Phi) is 17.0. The molecule has 6 heterocycles. The molecule has 370 valence electrons. The van der Waals surface area contributed by atoms with E-state index in [9.17, 15) is 19.5 Å². The largest absolute Gasteiger partial charge is 0.481 e. The molecule has 0 unspecified atom stereocenters. The lowest BCUT2D eigenvalue weighted by Gasteiger charge is -2.48. The second-order valence-corrected chi connectivity index (χ2v) is 20.2. The van der Waals surface area contributed by atoms with E-state index in [1.165, 1.54) is 18.9 Å². The third kappa shape index (κ3) is 11.4. The first-order valence-corrected chi connectivity index (χ1v) is 24.3. The summed E-state index contributed by atoms with van der Waals surface area (Å²) in [6.45, 7) is 14.5. The highest BCUT2D eigenvalue weighted by atomic mass is 32.2. The van der Waals surface area contributed by atoms with Crippen molar-refractivity contribution in [3.05, 3.63) is 42.2 Å². The van der Waals surface area contributed by atoms with E-state index >= 15 is 4.79 Å². The topological polar surface area (TPSA) is 214 Å². The maximum atomic E-state index is 15.0. The van der Waals surface area contributed by atoms with E-state index in [1.54, 1.807) is 70.3 Å². The van der Waals surface area contributed by atoms with E-state index in [2.05, 4.69) is 19.9 Å². The number of aromatic amines is 1. The Morgan fingerprint density at radius 2 is 1.81 bits per heavy atom. The Morgan fingerprint density at radius 3 is 2.46 bits per heavy atom. The highest BCUT2D eigenvalue weighted by molar-refractivity contribution is 7.99. The highest BCUT2D eigenvalue weighted by Gasteiger charge is 2.60. The number of ether oxygens (including phenoxy) is 7. The van der Waals surface area contributed by atoms with Crippen LogP contribution in [0.25, 0.3) is 11.2 Å². The number of pyridine rings is 2. The fourth-order valence-electron chi connectivity index (χ4n) is 10.4. The molecule has 3 aromatic heterocycles. The third-order valence-corrected chi connectivity index (χ3v) is 14.9. The highest BCUT2D eigenvalue weighted by Crippen LogP contribution is 2.44. The van der Waals surface area contributed by atoms with Crippen LogP contribution in [0.2, 0.25) is 0 Å². The van der Waals surface area contributed by atoms with Crippen molar-refractivity contribution >= 4 is 46.7 Å². The molecule has 0 radical (unpaired) electrons. The quantitative estimate of drug-likeness (QED) is 0.0867. The van der Waals surface area contributed by atoms with Gasteiger partial charge < -0.3 is 53.0 Å². The van der Waals surface area contributed by atoms with Gasteiger partial charge in [-0.15, -0.1) is 0 Å². The van der Waals surface area contributed by atoms with Crippen LogP contribution in [0, 0.1) is 23.7 Å². The number of methoxy groups -OCH3 is 2. The van der Waals surface area contributed by atoms with Gasteiger partial charge in [-0.3, -0.25) is 19.4 Å². The molecule has 0 saturated carbocycles. The third-order valence-electron chi connectivity index (χ3n) is 14.0. The van der Waals surface area contributed by atoms with Crippen LogP contribution < -0.4 is 4.74 Å². The predicted octanol–water partition coefficient (Wildman–Crippen LogP) is 5.63. The number of Topliss-reactive ketones (excluding diaryl/α,β-unsaturated/α-hetero) is 1. The van der Waals surface area contributed by atoms with Crippen LogP contribution in [0.15, 0.2) is 41.8 Å². The molecule has 19 heteroatoms. The Morgan fingerprint density at radius 1 is 1.06 bits per heavy atom. The van der Waals surface area contributed by atoms with Gasteiger partial charge >= 0.3 is 18.0 Å². The van der Waals surface area contributed by atoms with Gasteiger partial charge in [0.15, 0.2) is 22.7 Å². The van der Waals surface area contributed by atoms with Crippen LogP contribution in [0.4, 0.5) is 4.79 Å². The van der Waals surface area contributed by atoms with Gasteiger partial charge in [-0.1, -0.05) is 45.5 Å². The second kappa shape index (κ2) is 21.9. The Hall–Kier alpha value is -4.40. The number of aliphatic hydroxyl groups is 1. The molecule has 0 aromatic carbocycles. The molecule has 0 aliphatic carbocycles. The minimum atomic E-state index is -1.46. The number of carbonyl (C=O) groups is 4. The van der Waals surface area contributed by atoms with Crippen LogP contribution in [0.3, 0.4) is 0 Å². The number of esters is 2. The zero-order valence-corrected chi connectivity index (χ0v) is 41.7. The summed E-state index contributed by atoms with van der Waals surface area (Å²) in [7, 11) is 6.81. The average molecular weight is 955 g/mol. The number of thioether (sulfide) groups is 1. The van der Waals surface area contributed by atoms with Crippen molar-refractivity contribution in [3.8, 4) is 5.88 Å². The van der Waals surface area contributed by atoms with E-state index < -0.39 is 89.7 Å². The van der Waals surface area contributed by atoms with Crippen molar-refractivity contribution in [3.63, 3.8) is 0 Å². The number of hydrogen-bond donors (Lipinski definition) is 2. The summed E-state index contributed by atoms with van der Waals surface area (Å²) in [4.78, 5) is 77.6. The lowest BCUT2D eigenvalue weighted by atomic mass is 9.73. The molecule has 6 rings (SSSR count). The lowest BCUT2D eigenvalue weighted by Crippen LogP contribution is -2.61. The summed E-state index contributed by atoms with van der Waals surface area (Å²) >= 11 is 1.47. The van der Waals surface area contributed by atoms with Gasteiger partial charge in [0.25, 0.3) is 0 Å². The van der Waals surface area contributed by atoms with Crippen molar-refractivity contribution in [1.82, 2.24) is 29.7 Å². The molecule has 2 N–H and O–H groups in total. The van der Waals surface area contributed by atoms with Crippen molar-refractivity contribution in [2.75, 3.05) is 40.6 Å². The molecule has 67 heavy (non-hydrogen) atoms. The van der Waals surface area contributed by atoms with Gasteiger partial charge in [0.2, 0.25) is 5.88 Å². The van der Waals surface area contributed by atoms with Crippen LogP contribution in [-0.4, -0.2) is 159 Å². The number of likely N-dealkylation sites (N-methyl/N-ethyl adjacent to an activating group) is 1. The smallest absolute Gasteiger partial charge is 0.410 e. The predicted molar refractivity (Wildman–Crippen MR) is 248 cm³/mol. The van der Waals surface area contributed by atoms with Crippen LogP contribution in [-0.2, 0) is 49.2 Å². The number of ketones is 1. The number of rotatable bonds is 14. The number of amides is 1. The number of H-pyrrole nitrogens is 1. The summed E-state index contributed by atoms with van der Waals surface area (Å²) in [6.07, 6.45) is -1.94. The zero-order valence-electron chi connectivity index (χ0n) is 40.9. The summed E-state index contributed by atoms with van der Waals surface area (Å²) in [6, 6.07) is 5.91. The van der Waals surface area contributed by atoms with E-state index in [0.29, 0.717) is 40.8 Å². The maximum Gasteiger partial charge on any atom is 0.410 e. The van der Waals surface area contributed by atoms with E-state index in [-0.39, 0.29) is 43.7 Å².